The summed E-state index contributed by atoms with van der Waals surface area (Å²) in [5.74, 6) is 1.47. The van der Waals surface area contributed by atoms with Gasteiger partial charge < -0.3 is 10.1 Å². The summed E-state index contributed by atoms with van der Waals surface area (Å²) in [6, 6.07) is 9.40. The fourth-order valence-electron chi connectivity index (χ4n) is 1.97. The van der Waals surface area contributed by atoms with Crippen LogP contribution in [0.15, 0.2) is 30.3 Å². The molecule has 0 aliphatic rings. The minimum Gasteiger partial charge on any atom is -0.494 e. The van der Waals surface area contributed by atoms with Crippen LogP contribution in [0.25, 0.3) is 0 Å². The third kappa shape index (κ3) is 3.60. The Morgan fingerprint density at radius 1 is 1.35 bits per heavy atom. The van der Waals surface area contributed by atoms with Crippen LogP contribution in [0.4, 0.5) is 5.82 Å². The lowest BCUT2D eigenvalue weighted by molar-refractivity contribution is -0.115. The number of nitrogens with one attached hydrogen (secondary N) is 1. The second-order valence-electron chi connectivity index (χ2n) is 4.60. The molecular weight excluding hydrogens is 254 g/mol. The molecule has 0 bridgehead atoms. The highest BCUT2D eigenvalue weighted by molar-refractivity contribution is 5.91. The number of aromatic nitrogens is 2. The number of benzene rings is 1. The van der Waals surface area contributed by atoms with Gasteiger partial charge in [-0.3, -0.25) is 9.48 Å². The van der Waals surface area contributed by atoms with Crippen LogP contribution in [0.3, 0.4) is 0 Å². The molecule has 5 heteroatoms. The minimum atomic E-state index is -0.0582. The zero-order chi connectivity index (χ0) is 14.5. The third-order valence-corrected chi connectivity index (χ3v) is 2.87. The number of amides is 1. The van der Waals surface area contributed by atoms with Crippen LogP contribution in [-0.4, -0.2) is 22.3 Å². The molecule has 0 saturated heterocycles. The molecule has 20 heavy (non-hydrogen) atoms. The van der Waals surface area contributed by atoms with Crippen molar-refractivity contribution in [2.75, 3.05) is 11.9 Å². The van der Waals surface area contributed by atoms with E-state index in [9.17, 15) is 4.79 Å². The second kappa shape index (κ2) is 6.23. The summed E-state index contributed by atoms with van der Waals surface area (Å²) >= 11 is 0. The Morgan fingerprint density at radius 2 is 2.05 bits per heavy atom. The van der Waals surface area contributed by atoms with Gasteiger partial charge in [-0.05, 0) is 31.5 Å². The van der Waals surface area contributed by atoms with Gasteiger partial charge in [0.15, 0.2) is 0 Å². The number of carbonyl (C=O) groups is 1. The summed E-state index contributed by atoms with van der Waals surface area (Å²) < 4.78 is 7.03. The average Bonchev–Trinajstić information content (AvgIpc) is 2.70. The van der Waals surface area contributed by atoms with Crippen molar-refractivity contribution in [1.29, 1.82) is 0 Å². The molecule has 1 heterocycles. The molecule has 0 fully saturated rings. The average molecular weight is 273 g/mol. The van der Waals surface area contributed by atoms with E-state index in [2.05, 4.69) is 10.4 Å². The van der Waals surface area contributed by atoms with E-state index in [0.717, 1.165) is 17.0 Å². The number of anilines is 1. The number of rotatable bonds is 5. The van der Waals surface area contributed by atoms with Crippen LogP contribution >= 0.6 is 0 Å². The van der Waals surface area contributed by atoms with E-state index in [1.807, 2.05) is 44.2 Å². The zero-order valence-electron chi connectivity index (χ0n) is 12.0. The van der Waals surface area contributed by atoms with Crippen molar-refractivity contribution in [3.8, 4) is 5.75 Å². The lowest BCUT2D eigenvalue weighted by Gasteiger charge is -2.06. The van der Waals surface area contributed by atoms with E-state index < -0.39 is 0 Å². The van der Waals surface area contributed by atoms with Crippen molar-refractivity contribution in [1.82, 2.24) is 9.78 Å². The molecule has 0 aliphatic heterocycles. The van der Waals surface area contributed by atoms with E-state index in [1.165, 1.54) is 0 Å². The topological polar surface area (TPSA) is 56.1 Å². The first-order chi connectivity index (χ1) is 9.58. The third-order valence-electron chi connectivity index (χ3n) is 2.87. The molecular formula is C15H19N3O2. The summed E-state index contributed by atoms with van der Waals surface area (Å²) in [7, 11) is 1.81. The lowest BCUT2D eigenvalue weighted by Crippen LogP contribution is -2.16. The first-order valence-corrected chi connectivity index (χ1v) is 6.60. The van der Waals surface area contributed by atoms with Gasteiger partial charge in [0.25, 0.3) is 0 Å². The Bertz CT molecular complexity index is 588. The van der Waals surface area contributed by atoms with Crippen LogP contribution in [0.1, 0.15) is 18.2 Å². The van der Waals surface area contributed by atoms with Gasteiger partial charge >= 0.3 is 0 Å². The predicted octanol–water partition coefficient (Wildman–Crippen LogP) is 2.31. The number of hydrogen-bond donors (Lipinski definition) is 1. The molecule has 2 rings (SSSR count). The molecule has 0 atom stereocenters. The summed E-state index contributed by atoms with van der Waals surface area (Å²) in [4.78, 5) is 12.0. The number of nitrogens with zero attached hydrogens (tertiary/aromatic N) is 2. The summed E-state index contributed by atoms with van der Waals surface area (Å²) in [6.45, 7) is 4.47. The highest BCUT2D eigenvalue weighted by Crippen LogP contribution is 2.13. The van der Waals surface area contributed by atoms with Crippen LogP contribution in [0.2, 0.25) is 0 Å². The van der Waals surface area contributed by atoms with Crippen molar-refractivity contribution in [2.45, 2.75) is 20.3 Å². The van der Waals surface area contributed by atoms with Crippen LogP contribution < -0.4 is 10.1 Å². The molecule has 1 N–H and O–H groups in total. The standard InChI is InChI=1S/C15H19N3O2/c1-4-20-13-7-5-12(6-8-13)10-15(19)16-14-9-11(2)17-18(14)3/h5-9H,4,10H2,1-3H3,(H,16,19). The fraction of sp³-hybridized carbons (Fsp3) is 0.333. The van der Waals surface area contributed by atoms with Gasteiger partial charge in [0.05, 0.1) is 18.7 Å². The van der Waals surface area contributed by atoms with Crippen LogP contribution in [-0.2, 0) is 18.3 Å². The van der Waals surface area contributed by atoms with Gasteiger partial charge in [0.2, 0.25) is 5.91 Å². The van der Waals surface area contributed by atoms with Crippen molar-refractivity contribution in [3.05, 3.63) is 41.6 Å². The molecule has 106 valence electrons. The van der Waals surface area contributed by atoms with Gasteiger partial charge in [-0.1, -0.05) is 12.1 Å². The van der Waals surface area contributed by atoms with E-state index in [4.69, 9.17) is 4.74 Å². The number of aryl methyl sites for hydroxylation is 2. The Kier molecular flexibility index (Phi) is 4.40. The highest BCUT2D eigenvalue weighted by Gasteiger charge is 2.08. The predicted molar refractivity (Wildman–Crippen MR) is 77.9 cm³/mol. The molecule has 0 unspecified atom stereocenters. The zero-order valence-corrected chi connectivity index (χ0v) is 12.0. The van der Waals surface area contributed by atoms with Gasteiger partial charge in [-0.2, -0.15) is 5.10 Å². The largest absolute Gasteiger partial charge is 0.494 e. The molecule has 0 saturated carbocycles. The SMILES string of the molecule is CCOc1ccc(CC(=O)Nc2cc(C)nn2C)cc1. The monoisotopic (exact) mass is 273 g/mol. The summed E-state index contributed by atoms with van der Waals surface area (Å²) in [6.07, 6.45) is 0.330. The number of ether oxygens (including phenoxy) is 1. The summed E-state index contributed by atoms with van der Waals surface area (Å²) in [5, 5.41) is 7.04. The molecule has 0 spiro atoms. The molecule has 1 aromatic heterocycles. The van der Waals surface area contributed by atoms with Crippen molar-refractivity contribution < 1.29 is 9.53 Å². The lowest BCUT2D eigenvalue weighted by atomic mass is 10.1. The van der Waals surface area contributed by atoms with Crippen LogP contribution in [0.5, 0.6) is 5.75 Å². The van der Waals surface area contributed by atoms with Crippen molar-refractivity contribution in [3.63, 3.8) is 0 Å². The van der Waals surface area contributed by atoms with Gasteiger partial charge in [0, 0.05) is 13.1 Å². The van der Waals surface area contributed by atoms with E-state index in [1.54, 1.807) is 11.7 Å². The van der Waals surface area contributed by atoms with E-state index in [-0.39, 0.29) is 5.91 Å². The Hall–Kier alpha value is -2.30. The summed E-state index contributed by atoms with van der Waals surface area (Å²) in [5.41, 5.74) is 1.83. The number of carbonyl (C=O) groups excluding carboxylic acids is 1. The minimum absolute atomic E-state index is 0.0582. The quantitative estimate of drug-likeness (QED) is 0.909. The van der Waals surface area contributed by atoms with E-state index in [0.29, 0.717) is 18.8 Å². The molecule has 0 aliphatic carbocycles. The Labute approximate surface area is 118 Å². The van der Waals surface area contributed by atoms with Gasteiger partial charge in [-0.15, -0.1) is 0 Å². The Balaban J connectivity index is 1.95. The number of hydrogen-bond acceptors (Lipinski definition) is 3. The van der Waals surface area contributed by atoms with Crippen molar-refractivity contribution >= 4 is 11.7 Å². The van der Waals surface area contributed by atoms with Gasteiger partial charge in [-0.25, -0.2) is 0 Å². The first-order valence-electron chi connectivity index (χ1n) is 6.60. The van der Waals surface area contributed by atoms with Crippen LogP contribution in [0, 0.1) is 6.92 Å². The molecule has 1 aromatic carbocycles. The molecule has 1 amide bonds. The maximum Gasteiger partial charge on any atom is 0.229 e. The Morgan fingerprint density at radius 3 is 2.60 bits per heavy atom. The first kappa shape index (κ1) is 14.1. The highest BCUT2D eigenvalue weighted by atomic mass is 16.5. The van der Waals surface area contributed by atoms with E-state index >= 15 is 0 Å². The molecule has 2 aromatic rings. The smallest absolute Gasteiger partial charge is 0.229 e. The maximum absolute atomic E-state index is 12.0. The van der Waals surface area contributed by atoms with Gasteiger partial charge in [0.1, 0.15) is 11.6 Å². The normalized spacial score (nSPS) is 10.3. The molecule has 0 radical (unpaired) electrons. The molecule has 5 nitrogen and oxygen atoms in total. The fourth-order valence-corrected chi connectivity index (χ4v) is 1.97. The second-order valence-corrected chi connectivity index (χ2v) is 4.60. The maximum atomic E-state index is 12.0. The van der Waals surface area contributed by atoms with Crippen molar-refractivity contribution in [2.24, 2.45) is 7.05 Å².